The first-order chi connectivity index (χ1) is 10.0. The smallest absolute Gasteiger partial charge is 0.0716 e. The second-order valence-electron chi connectivity index (χ2n) is 6.66. The van der Waals surface area contributed by atoms with Crippen molar-refractivity contribution in [2.24, 2.45) is 0 Å². The zero-order valence-corrected chi connectivity index (χ0v) is 13.3. The van der Waals surface area contributed by atoms with E-state index in [2.05, 4.69) is 68.1 Å². The summed E-state index contributed by atoms with van der Waals surface area (Å²) in [5.41, 5.74) is 6.76. The van der Waals surface area contributed by atoms with Crippen LogP contribution >= 0.6 is 0 Å². The third-order valence-electron chi connectivity index (χ3n) is 4.06. The van der Waals surface area contributed by atoms with Gasteiger partial charge in [0.15, 0.2) is 0 Å². The van der Waals surface area contributed by atoms with Crippen LogP contribution in [0.25, 0.3) is 0 Å². The molecule has 0 amide bonds. The summed E-state index contributed by atoms with van der Waals surface area (Å²) in [4.78, 5) is 2.46. The molecule has 2 aromatic rings. The Morgan fingerprint density at radius 2 is 1.71 bits per heavy atom. The first kappa shape index (κ1) is 14.2. The van der Waals surface area contributed by atoms with Crippen LogP contribution in [-0.2, 0) is 17.8 Å². The highest BCUT2D eigenvalue weighted by Gasteiger charge is 2.31. The summed E-state index contributed by atoms with van der Waals surface area (Å²) in [6.07, 6.45) is 0.984. The molecule has 0 aromatic heterocycles. The number of benzene rings is 2. The Morgan fingerprint density at radius 1 is 1.00 bits per heavy atom. The molecule has 0 saturated carbocycles. The summed E-state index contributed by atoms with van der Waals surface area (Å²) in [5, 5.41) is 0. The number of nitrogens with zero attached hydrogens (tertiary/aromatic N) is 1. The van der Waals surface area contributed by atoms with Gasteiger partial charge in [-0.2, -0.15) is 0 Å². The molecule has 0 saturated heterocycles. The molecule has 0 aliphatic carbocycles. The molecule has 2 heteroatoms. The molecule has 2 aromatic carbocycles. The normalized spacial score (nSPS) is 13.8. The van der Waals surface area contributed by atoms with Crippen LogP contribution in [0.3, 0.4) is 0 Å². The highest BCUT2D eigenvalue weighted by Crippen LogP contribution is 2.43. The fourth-order valence-electron chi connectivity index (χ4n) is 3.25. The molecule has 0 radical (unpaired) electrons. The zero-order chi connectivity index (χ0) is 15.0. The first-order valence-corrected chi connectivity index (χ1v) is 7.50. The van der Waals surface area contributed by atoms with E-state index in [0.29, 0.717) is 6.61 Å². The average Bonchev–Trinajstić information content (AvgIpc) is 2.44. The lowest BCUT2D eigenvalue weighted by atomic mass is 9.89. The number of para-hydroxylation sites is 1. The number of anilines is 2. The van der Waals surface area contributed by atoms with Gasteiger partial charge < -0.3 is 9.64 Å². The Bertz CT molecular complexity index is 655. The maximum Gasteiger partial charge on any atom is 0.0716 e. The van der Waals surface area contributed by atoms with Crippen molar-refractivity contribution >= 4 is 11.4 Å². The topological polar surface area (TPSA) is 12.5 Å². The summed E-state index contributed by atoms with van der Waals surface area (Å²) in [5.74, 6) is 0. The molecular weight excluding hydrogens is 258 g/mol. The van der Waals surface area contributed by atoms with E-state index in [4.69, 9.17) is 4.74 Å². The van der Waals surface area contributed by atoms with Gasteiger partial charge in [-0.15, -0.1) is 0 Å². The van der Waals surface area contributed by atoms with Crippen molar-refractivity contribution in [3.05, 3.63) is 59.2 Å². The minimum Gasteiger partial charge on any atom is -0.380 e. The molecule has 0 unspecified atom stereocenters. The van der Waals surface area contributed by atoms with Crippen LogP contribution in [0.15, 0.2) is 42.5 Å². The second-order valence-corrected chi connectivity index (χ2v) is 6.66. The van der Waals surface area contributed by atoms with E-state index in [1.165, 1.54) is 28.1 Å². The minimum atomic E-state index is 0.0387. The van der Waals surface area contributed by atoms with E-state index in [1.807, 2.05) is 0 Å². The van der Waals surface area contributed by atoms with Crippen molar-refractivity contribution in [2.45, 2.75) is 39.3 Å². The molecule has 1 aliphatic rings. The Balaban J connectivity index is 2.21. The van der Waals surface area contributed by atoms with E-state index >= 15 is 0 Å². The van der Waals surface area contributed by atoms with E-state index in [0.717, 1.165) is 6.42 Å². The predicted octanol–water partition coefficient (Wildman–Crippen LogP) is 4.67. The van der Waals surface area contributed by atoms with Crippen molar-refractivity contribution in [3.8, 4) is 0 Å². The molecule has 0 bridgehead atoms. The summed E-state index contributed by atoms with van der Waals surface area (Å²) < 4.78 is 5.38. The van der Waals surface area contributed by atoms with E-state index in [1.54, 1.807) is 7.11 Å². The molecule has 110 valence electrons. The van der Waals surface area contributed by atoms with Gasteiger partial charge in [0.1, 0.15) is 0 Å². The third-order valence-corrected chi connectivity index (χ3v) is 4.06. The molecule has 0 fully saturated rings. The van der Waals surface area contributed by atoms with Crippen LogP contribution in [0, 0.1) is 0 Å². The van der Waals surface area contributed by atoms with E-state index in [-0.39, 0.29) is 5.54 Å². The van der Waals surface area contributed by atoms with Gasteiger partial charge in [0, 0.05) is 30.4 Å². The van der Waals surface area contributed by atoms with Gasteiger partial charge in [0.2, 0.25) is 0 Å². The Labute approximate surface area is 127 Å². The zero-order valence-electron chi connectivity index (χ0n) is 13.3. The van der Waals surface area contributed by atoms with Gasteiger partial charge in [0.05, 0.1) is 6.61 Å². The Kier molecular flexibility index (Phi) is 3.50. The van der Waals surface area contributed by atoms with Crippen molar-refractivity contribution in [1.82, 2.24) is 0 Å². The molecular formula is C19H23NO. The summed E-state index contributed by atoms with van der Waals surface area (Å²) >= 11 is 0. The lowest BCUT2D eigenvalue weighted by Crippen LogP contribution is -2.40. The number of methoxy groups -OCH3 is 1. The third kappa shape index (κ3) is 2.44. The van der Waals surface area contributed by atoms with Crippen LogP contribution in [0.1, 0.15) is 37.5 Å². The number of rotatable bonds is 2. The average molecular weight is 281 g/mol. The van der Waals surface area contributed by atoms with Gasteiger partial charge in [0.25, 0.3) is 0 Å². The number of hydrogen-bond donors (Lipinski definition) is 0. The van der Waals surface area contributed by atoms with Gasteiger partial charge in [-0.25, -0.2) is 0 Å². The lowest BCUT2D eigenvalue weighted by Gasteiger charge is -2.43. The monoisotopic (exact) mass is 281 g/mol. The standard InChI is InChI=1S/C19H23NO/c1-19(2,3)20-17-10-6-5-8-14(17)12-16-15(13-21-4)9-7-11-18(16)20/h5-11H,12-13H2,1-4H3. The first-order valence-electron chi connectivity index (χ1n) is 7.50. The fraction of sp³-hybridized carbons (Fsp3) is 0.368. The Morgan fingerprint density at radius 3 is 2.43 bits per heavy atom. The largest absolute Gasteiger partial charge is 0.380 e. The van der Waals surface area contributed by atoms with Gasteiger partial charge in [-0.3, -0.25) is 0 Å². The van der Waals surface area contributed by atoms with Crippen LogP contribution in [-0.4, -0.2) is 12.6 Å². The van der Waals surface area contributed by atoms with E-state index < -0.39 is 0 Å². The fourth-order valence-corrected chi connectivity index (χ4v) is 3.25. The molecule has 21 heavy (non-hydrogen) atoms. The predicted molar refractivity (Wildman–Crippen MR) is 88.3 cm³/mol. The SMILES string of the molecule is COCc1cccc2c1Cc1ccccc1N2C(C)(C)C. The lowest BCUT2D eigenvalue weighted by molar-refractivity contribution is 0.184. The summed E-state index contributed by atoms with van der Waals surface area (Å²) in [7, 11) is 1.76. The summed E-state index contributed by atoms with van der Waals surface area (Å²) in [6, 6.07) is 15.3. The number of fused-ring (bicyclic) bond motifs is 2. The molecule has 0 spiro atoms. The molecule has 0 atom stereocenters. The van der Waals surface area contributed by atoms with Gasteiger partial charge in [-0.05, 0) is 49.6 Å². The molecule has 1 aliphatic heterocycles. The second kappa shape index (κ2) is 5.19. The summed E-state index contributed by atoms with van der Waals surface area (Å²) in [6.45, 7) is 7.47. The quantitative estimate of drug-likeness (QED) is 0.793. The van der Waals surface area contributed by atoms with Crippen LogP contribution in [0.5, 0.6) is 0 Å². The molecule has 0 N–H and O–H groups in total. The highest BCUT2D eigenvalue weighted by molar-refractivity contribution is 5.76. The van der Waals surface area contributed by atoms with Crippen LogP contribution in [0.2, 0.25) is 0 Å². The number of hydrogen-bond acceptors (Lipinski definition) is 2. The number of ether oxygens (including phenoxy) is 1. The molecule has 1 heterocycles. The maximum atomic E-state index is 5.38. The van der Waals surface area contributed by atoms with Crippen LogP contribution in [0.4, 0.5) is 11.4 Å². The maximum absolute atomic E-state index is 5.38. The van der Waals surface area contributed by atoms with Crippen LogP contribution < -0.4 is 4.90 Å². The minimum absolute atomic E-state index is 0.0387. The van der Waals surface area contributed by atoms with E-state index in [9.17, 15) is 0 Å². The van der Waals surface area contributed by atoms with Crippen molar-refractivity contribution in [1.29, 1.82) is 0 Å². The van der Waals surface area contributed by atoms with Crippen molar-refractivity contribution < 1.29 is 4.74 Å². The van der Waals surface area contributed by atoms with Gasteiger partial charge >= 0.3 is 0 Å². The molecule has 3 rings (SSSR count). The van der Waals surface area contributed by atoms with Gasteiger partial charge in [-0.1, -0.05) is 30.3 Å². The van der Waals surface area contributed by atoms with Crippen molar-refractivity contribution in [2.75, 3.05) is 12.0 Å². The highest BCUT2D eigenvalue weighted by atomic mass is 16.5. The van der Waals surface area contributed by atoms with Crippen molar-refractivity contribution in [3.63, 3.8) is 0 Å². The Hall–Kier alpha value is -1.80. The molecule has 2 nitrogen and oxygen atoms in total.